The molecule has 0 aliphatic heterocycles. The van der Waals surface area contributed by atoms with Crippen molar-refractivity contribution in [2.45, 2.75) is 44.8 Å². The van der Waals surface area contributed by atoms with Crippen LogP contribution in [0.25, 0.3) is 0 Å². The molecule has 6 nitrogen and oxygen atoms in total. The molecule has 0 radical (unpaired) electrons. The quantitative estimate of drug-likeness (QED) is 0.722. The number of nitrogens with one attached hydrogen (secondary N) is 1. The molecular weight excluding hydrogens is 292 g/mol. The van der Waals surface area contributed by atoms with Crippen molar-refractivity contribution >= 4 is 28.0 Å². The molecule has 0 aromatic carbocycles. The molecule has 0 spiro atoms. The number of esters is 1. The Labute approximate surface area is 128 Å². The number of anilines is 2. The number of hydrogen-bond acceptors (Lipinski definition) is 7. The lowest BCUT2D eigenvalue weighted by molar-refractivity contribution is 0.0533. The molecule has 0 saturated heterocycles. The number of ether oxygens (including phenoxy) is 2. The fraction of sp³-hybridized carbons (Fsp3) is 0.643. The van der Waals surface area contributed by atoms with Crippen molar-refractivity contribution in [2.24, 2.45) is 0 Å². The Kier molecular flexibility index (Phi) is 5.30. The van der Waals surface area contributed by atoms with Crippen molar-refractivity contribution in [1.82, 2.24) is 0 Å². The van der Waals surface area contributed by atoms with Gasteiger partial charge in [-0.2, -0.15) is 0 Å². The third-order valence-electron chi connectivity index (χ3n) is 3.60. The van der Waals surface area contributed by atoms with Gasteiger partial charge >= 0.3 is 5.97 Å². The second kappa shape index (κ2) is 7.00. The highest BCUT2D eigenvalue weighted by molar-refractivity contribution is 7.19. The molecule has 1 aromatic rings. The average molecular weight is 314 g/mol. The molecule has 1 fully saturated rings. The summed E-state index contributed by atoms with van der Waals surface area (Å²) in [6.45, 7) is 2.06. The summed E-state index contributed by atoms with van der Waals surface area (Å²) in [6, 6.07) is 0.260. The summed E-state index contributed by atoms with van der Waals surface area (Å²) >= 11 is 1.26. The molecule has 7 heteroatoms. The van der Waals surface area contributed by atoms with E-state index >= 15 is 0 Å². The highest BCUT2D eigenvalue weighted by Crippen LogP contribution is 2.43. The van der Waals surface area contributed by atoms with Gasteiger partial charge in [0.05, 0.1) is 19.8 Å². The average Bonchev–Trinajstić information content (AvgIpc) is 2.78. The first kappa shape index (κ1) is 15.9. The predicted molar refractivity (Wildman–Crippen MR) is 83.1 cm³/mol. The molecule has 21 heavy (non-hydrogen) atoms. The van der Waals surface area contributed by atoms with E-state index in [2.05, 4.69) is 5.32 Å². The smallest absolute Gasteiger partial charge is 0.350 e. The Hall–Kier alpha value is -1.47. The van der Waals surface area contributed by atoms with E-state index in [4.69, 9.17) is 15.2 Å². The van der Waals surface area contributed by atoms with Crippen LogP contribution in [0.15, 0.2) is 0 Å². The van der Waals surface area contributed by atoms with Crippen LogP contribution in [0, 0.1) is 0 Å². The lowest BCUT2D eigenvalue weighted by atomic mass is 9.93. The Morgan fingerprint density at radius 2 is 2.10 bits per heavy atom. The minimum Gasteiger partial charge on any atom is -0.492 e. The maximum atomic E-state index is 11.9. The highest BCUT2D eigenvalue weighted by Gasteiger charge is 2.26. The number of aliphatic hydroxyl groups excluding tert-OH is 1. The molecule has 1 saturated carbocycles. The van der Waals surface area contributed by atoms with E-state index in [9.17, 15) is 9.90 Å². The SMILES string of the molecule is CCOC(=O)c1sc(NC2CCC(O)CC2)c(OC)c1N. The molecule has 2 rings (SSSR count). The van der Waals surface area contributed by atoms with E-state index in [1.165, 1.54) is 18.4 Å². The standard InChI is InChI=1S/C14H22N2O4S/c1-3-20-14(18)12-10(15)11(19-2)13(21-12)16-8-4-6-9(17)7-5-8/h8-9,16-17H,3-7,15H2,1-2H3. The van der Waals surface area contributed by atoms with Crippen LogP contribution >= 0.6 is 11.3 Å². The number of nitrogens with two attached hydrogens (primary N) is 1. The number of thiophene rings is 1. The Bertz CT molecular complexity index is 495. The highest BCUT2D eigenvalue weighted by atomic mass is 32.1. The number of carbonyl (C=O) groups is 1. The van der Waals surface area contributed by atoms with Gasteiger partial charge in [0.15, 0.2) is 5.75 Å². The monoisotopic (exact) mass is 314 g/mol. The van der Waals surface area contributed by atoms with Crippen molar-refractivity contribution in [1.29, 1.82) is 0 Å². The van der Waals surface area contributed by atoms with Gasteiger partial charge in [-0.25, -0.2) is 4.79 Å². The third kappa shape index (κ3) is 3.59. The van der Waals surface area contributed by atoms with Gasteiger partial charge in [-0.05, 0) is 32.6 Å². The third-order valence-corrected chi connectivity index (χ3v) is 4.69. The summed E-state index contributed by atoms with van der Waals surface area (Å²) in [5.74, 6) is 0.0691. The molecule has 1 aliphatic rings. The minimum absolute atomic E-state index is 0.201. The normalized spacial score (nSPS) is 21.9. The molecule has 118 valence electrons. The van der Waals surface area contributed by atoms with Gasteiger partial charge in [0.25, 0.3) is 0 Å². The van der Waals surface area contributed by atoms with Crippen LogP contribution in [0.4, 0.5) is 10.7 Å². The summed E-state index contributed by atoms with van der Waals surface area (Å²) < 4.78 is 10.3. The van der Waals surface area contributed by atoms with Gasteiger partial charge in [-0.15, -0.1) is 11.3 Å². The number of hydrogen-bond donors (Lipinski definition) is 3. The van der Waals surface area contributed by atoms with Crippen molar-refractivity contribution in [2.75, 3.05) is 24.8 Å². The zero-order valence-electron chi connectivity index (χ0n) is 12.3. The van der Waals surface area contributed by atoms with Crippen LogP contribution in [0.2, 0.25) is 0 Å². The molecule has 1 aromatic heterocycles. The number of nitrogen functional groups attached to an aromatic ring is 1. The predicted octanol–water partition coefficient (Wildman–Crippen LogP) is 2.23. The van der Waals surface area contributed by atoms with E-state index in [1.807, 2.05) is 0 Å². The Balaban J connectivity index is 2.15. The van der Waals surface area contributed by atoms with E-state index < -0.39 is 5.97 Å². The maximum Gasteiger partial charge on any atom is 0.350 e. The largest absolute Gasteiger partial charge is 0.492 e. The summed E-state index contributed by atoms with van der Waals surface area (Å²) in [7, 11) is 1.53. The number of methoxy groups -OCH3 is 1. The molecule has 1 heterocycles. The summed E-state index contributed by atoms with van der Waals surface area (Å²) in [5, 5.41) is 13.7. The number of rotatable bonds is 5. The molecule has 0 atom stereocenters. The molecular formula is C14H22N2O4S. The van der Waals surface area contributed by atoms with Crippen LogP contribution in [0.5, 0.6) is 5.75 Å². The summed E-state index contributed by atoms with van der Waals surface area (Å²) in [5.41, 5.74) is 6.30. The van der Waals surface area contributed by atoms with E-state index in [0.717, 1.165) is 30.7 Å². The van der Waals surface area contributed by atoms with Crippen molar-refractivity contribution in [3.63, 3.8) is 0 Å². The first-order valence-corrected chi connectivity index (χ1v) is 7.96. The van der Waals surface area contributed by atoms with E-state index in [0.29, 0.717) is 22.9 Å². The molecule has 0 bridgehead atoms. The topological polar surface area (TPSA) is 93.8 Å². The van der Waals surface area contributed by atoms with Crippen LogP contribution in [0.1, 0.15) is 42.3 Å². The van der Waals surface area contributed by atoms with Gasteiger partial charge in [0.2, 0.25) is 0 Å². The van der Waals surface area contributed by atoms with Crippen molar-refractivity contribution in [3.8, 4) is 5.75 Å². The molecule has 0 unspecified atom stereocenters. The Morgan fingerprint density at radius 1 is 1.43 bits per heavy atom. The minimum atomic E-state index is -0.426. The Morgan fingerprint density at radius 3 is 2.67 bits per heavy atom. The summed E-state index contributed by atoms with van der Waals surface area (Å²) in [6.07, 6.45) is 3.14. The van der Waals surface area contributed by atoms with Crippen LogP contribution in [0.3, 0.4) is 0 Å². The molecule has 1 aliphatic carbocycles. The van der Waals surface area contributed by atoms with Gasteiger partial charge < -0.3 is 25.6 Å². The fourth-order valence-corrected chi connectivity index (χ4v) is 3.54. The van der Waals surface area contributed by atoms with Gasteiger partial charge in [-0.1, -0.05) is 0 Å². The number of aliphatic hydroxyl groups is 1. The van der Waals surface area contributed by atoms with Gasteiger partial charge in [-0.3, -0.25) is 0 Å². The number of carbonyl (C=O) groups excluding carboxylic acids is 1. The van der Waals surface area contributed by atoms with Crippen molar-refractivity contribution in [3.05, 3.63) is 4.88 Å². The van der Waals surface area contributed by atoms with Crippen molar-refractivity contribution < 1.29 is 19.4 Å². The lowest BCUT2D eigenvalue weighted by Crippen LogP contribution is -2.27. The maximum absolute atomic E-state index is 11.9. The zero-order valence-corrected chi connectivity index (χ0v) is 13.2. The first-order chi connectivity index (χ1) is 10.1. The van der Waals surface area contributed by atoms with Gasteiger partial charge in [0.1, 0.15) is 15.6 Å². The second-order valence-corrected chi connectivity index (χ2v) is 6.10. The van der Waals surface area contributed by atoms with E-state index in [-0.39, 0.29) is 12.1 Å². The lowest BCUT2D eigenvalue weighted by Gasteiger charge is -2.26. The summed E-state index contributed by atoms with van der Waals surface area (Å²) in [4.78, 5) is 12.2. The van der Waals surface area contributed by atoms with Gasteiger partial charge in [0, 0.05) is 6.04 Å². The second-order valence-electron chi connectivity index (χ2n) is 5.08. The first-order valence-electron chi connectivity index (χ1n) is 7.14. The van der Waals surface area contributed by atoms with Crippen LogP contribution in [-0.2, 0) is 4.74 Å². The van der Waals surface area contributed by atoms with Crippen LogP contribution < -0.4 is 15.8 Å². The fourth-order valence-electron chi connectivity index (χ4n) is 2.48. The zero-order chi connectivity index (χ0) is 15.4. The molecule has 0 amide bonds. The van der Waals surface area contributed by atoms with Crippen LogP contribution in [-0.4, -0.2) is 36.9 Å². The van der Waals surface area contributed by atoms with E-state index in [1.54, 1.807) is 6.92 Å². The molecule has 4 N–H and O–H groups in total.